The van der Waals surface area contributed by atoms with Crippen LogP contribution in [-0.2, 0) is 6.61 Å². The van der Waals surface area contributed by atoms with Crippen LogP contribution >= 0.6 is 0 Å². The maximum Gasteiger partial charge on any atom is 0.253 e. The number of carbonyl (C=O) groups excluding carboxylic acids is 1. The SMILES string of the molecule is CCCN(CCC)C(=O)c1cccc(OCc2cc(C)ccc2C)c1. The van der Waals surface area contributed by atoms with Crippen LogP contribution in [0.5, 0.6) is 5.75 Å². The largest absolute Gasteiger partial charge is 0.489 e. The summed E-state index contributed by atoms with van der Waals surface area (Å²) in [6.45, 7) is 10.5. The molecule has 0 saturated carbocycles. The molecule has 2 aromatic carbocycles. The lowest BCUT2D eigenvalue weighted by Crippen LogP contribution is -2.32. The van der Waals surface area contributed by atoms with Crippen molar-refractivity contribution >= 4 is 5.91 Å². The fourth-order valence-corrected chi connectivity index (χ4v) is 2.87. The van der Waals surface area contributed by atoms with Crippen molar-refractivity contribution in [2.24, 2.45) is 0 Å². The topological polar surface area (TPSA) is 29.5 Å². The van der Waals surface area contributed by atoms with E-state index in [0.29, 0.717) is 12.2 Å². The van der Waals surface area contributed by atoms with Gasteiger partial charge in [0.05, 0.1) is 0 Å². The fourth-order valence-electron chi connectivity index (χ4n) is 2.87. The van der Waals surface area contributed by atoms with Gasteiger partial charge >= 0.3 is 0 Å². The number of nitrogens with zero attached hydrogens (tertiary/aromatic N) is 1. The molecule has 0 unspecified atom stereocenters. The zero-order chi connectivity index (χ0) is 18.2. The van der Waals surface area contributed by atoms with Crippen LogP contribution in [0.1, 0.15) is 53.7 Å². The Bertz CT molecular complexity index is 703. The molecule has 2 rings (SSSR count). The van der Waals surface area contributed by atoms with Crippen LogP contribution < -0.4 is 4.74 Å². The van der Waals surface area contributed by atoms with Gasteiger partial charge in [0.1, 0.15) is 12.4 Å². The number of carbonyl (C=O) groups is 1. The molecule has 0 radical (unpaired) electrons. The minimum absolute atomic E-state index is 0.0842. The Morgan fingerprint density at radius 1 is 1.00 bits per heavy atom. The molecule has 25 heavy (non-hydrogen) atoms. The molecule has 0 heterocycles. The second-order valence-electron chi connectivity index (χ2n) is 6.54. The third kappa shape index (κ3) is 5.35. The number of amides is 1. The van der Waals surface area contributed by atoms with Gasteiger partial charge in [-0.3, -0.25) is 4.79 Å². The lowest BCUT2D eigenvalue weighted by Gasteiger charge is -2.21. The molecular weight excluding hydrogens is 310 g/mol. The number of benzene rings is 2. The maximum atomic E-state index is 12.7. The van der Waals surface area contributed by atoms with Crippen molar-refractivity contribution in [2.45, 2.75) is 47.1 Å². The first-order valence-electron chi connectivity index (χ1n) is 9.13. The molecule has 0 aliphatic carbocycles. The quantitative estimate of drug-likeness (QED) is 0.666. The van der Waals surface area contributed by atoms with Gasteiger partial charge in [-0.05, 0) is 56.0 Å². The highest BCUT2D eigenvalue weighted by Gasteiger charge is 2.14. The van der Waals surface area contributed by atoms with E-state index in [2.05, 4.69) is 45.9 Å². The van der Waals surface area contributed by atoms with Crippen LogP contribution in [0.4, 0.5) is 0 Å². The summed E-state index contributed by atoms with van der Waals surface area (Å²) in [6.07, 6.45) is 1.93. The number of aryl methyl sites for hydroxylation is 2. The van der Waals surface area contributed by atoms with Gasteiger partial charge < -0.3 is 9.64 Å². The zero-order valence-corrected chi connectivity index (χ0v) is 15.8. The van der Waals surface area contributed by atoms with Gasteiger partial charge in [0.2, 0.25) is 0 Å². The van der Waals surface area contributed by atoms with Crippen molar-refractivity contribution < 1.29 is 9.53 Å². The van der Waals surface area contributed by atoms with E-state index in [-0.39, 0.29) is 5.91 Å². The second kappa shape index (κ2) is 9.26. The predicted octanol–water partition coefficient (Wildman–Crippen LogP) is 5.14. The summed E-state index contributed by atoms with van der Waals surface area (Å²) in [5.74, 6) is 0.820. The first kappa shape index (κ1) is 19.0. The van der Waals surface area contributed by atoms with E-state index < -0.39 is 0 Å². The summed E-state index contributed by atoms with van der Waals surface area (Å²) >= 11 is 0. The Morgan fingerprint density at radius 2 is 1.72 bits per heavy atom. The van der Waals surface area contributed by atoms with Gasteiger partial charge in [0.15, 0.2) is 0 Å². The van der Waals surface area contributed by atoms with E-state index in [9.17, 15) is 4.79 Å². The van der Waals surface area contributed by atoms with E-state index in [1.165, 1.54) is 16.7 Å². The molecule has 3 heteroatoms. The van der Waals surface area contributed by atoms with Gasteiger partial charge in [-0.2, -0.15) is 0 Å². The number of rotatable bonds is 8. The maximum absolute atomic E-state index is 12.7. The average molecular weight is 339 g/mol. The Kier molecular flexibility index (Phi) is 7.05. The molecule has 0 aliphatic rings. The van der Waals surface area contributed by atoms with E-state index in [1.807, 2.05) is 29.2 Å². The monoisotopic (exact) mass is 339 g/mol. The number of ether oxygens (including phenoxy) is 1. The van der Waals surface area contributed by atoms with Crippen LogP contribution in [0.2, 0.25) is 0 Å². The highest BCUT2D eigenvalue weighted by Crippen LogP contribution is 2.19. The smallest absolute Gasteiger partial charge is 0.253 e. The van der Waals surface area contributed by atoms with Crippen LogP contribution in [0.15, 0.2) is 42.5 Å². The molecule has 134 valence electrons. The highest BCUT2D eigenvalue weighted by molar-refractivity contribution is 5.94. The van der Waals surface area contributed by atoms with Crippen molar-refractivity contribution in [3.05, 3.63) is 64.7 Å². The highest BCUT2D eigenvalue weighted by atomic mass is 16.5. The fraction of sp³-hybridized carbons (Fsp3) is 0.409. The van der Waals surface area contributed by atoms with E-state index in [1.54, 1.807) is 0 Å². The minimum Gasteiger partial charge on any atom is -0.489 e. The van der Waals surface area contributed by atoms with Gasteiger partial charge in [-0.25, -0.2) is 0 Å². The van der Waals surface area contributed by atoms with E-state index in [4.69, 9.17) is 4.74 Å². The van der Waals surface area contributed by atoms with Crippen molar-refractivity contribution in [1.29, 1.82) is 0 Å². The van der Waals surface area contributed by atoms with Crippen molar-refractivity contribution in [1.82, 2.24) is 4.90 Å². The normalized spacial score (nSPS) is 10.6. The number of hydrogen-bond donors (Lipinski definition) is 0. The summed E-state index contributed by atoms with van der Waals surface area (Å²) in [5, 5.41) is 0. The first-order valence-corrected chi connectivity index (χ1v) is 9.13. The molecule has 0 atom stereocenters. The van der Waals surface area contributed by atoms with Crippen LogP contribution in [0.25, 0.3) is 0 Å². The molecular formula is C22H29NO2. The molecule has 0 N–H and O–H groups in total. The lowest BCUT2D eigenvalue weighted by molar-refractivity contribution is 0.0755. The molecule has 0 spiro atoms. The summed E-state index contributed by atoms with van der Waals surface area (Å²) in [5.41, 5.74) is 4.31. The molecule has 0 fully saturated rings. The molecule has 0 aromatic heterocycles. The van der Waals surface area contributed by atoms with E-state index >= 15 is 0 Å². The van der Waals surface area contributed by atoms with Crippen LogP contribution in [0.3, 0.4) is 0 Å². The van der Waals surface area contributed by atoms with Gasteiger partial charge in [0.25, 0.3) is 5.91 Å². The van der Waals surface area contributed by atoms with Crippen LogP contribution in [0, 0.1) is 13.8 Å². The van der Waals surface area contributed by atoms with Crippen molar-refractivity contribution in [3.8, 4) is 5.75 Å². The Morgan fingerprint density at radius 3 is 2.40 bits per heavy atom. The van der Waals surface area contributed by atoms with Gasteiger partial charge in [-0.1, -0.05) is 43.7 Å². The third-order valence-corrected chi connectivity index (χ3v) is 4.25. The zero-order valence-electron chi connectivity index (χ0n) is 15.8. The molecule has 3 nitrogen and oxygen atoms in total. The third-order valence-electron chi connectivity index (χ3n) is 4.25. The van der Waals surface area contributed by atoms with Gasteiger partial charge in [-0.15, -0.1) is 0 Å². The standard InChI is InChI=1S/C22H29NO2/c1-5-12-23(13-6-2)22(24)19-8-7-9-21(15-19)25-16-20-14-17(3)10-11-18(20)4/h7-11,14-15H,5-6,12-13,16H2,1-4H3. The Hall–Kier alpha value is -2.29. The summed E-state index contributed by atoms with van der Waals surface area (Å²) in [7, 11) is 0. The summed E-state index contributed by atoms with van der Waals surface area (Å²) in [6, 6.07) is 13.9. The van der Waals surface area contributed by atoms with E-state index in [0.717, 1.165) is 31.7 Å². The molecule has 1 amide bonds. The second-order valence-corrected chi connectivity index (χ2v) is 6.54. The minimum atomic E-state index is 0.0842. The molecule has 2 aromatic rings. The van der Waals surface area contributed by atoms with Crippen molar-refractivity contribution in [3.63, 3.8) is 0 Å². The molecule has 0 saturated heterocycles. The Balaban J connectivity index is 2.10. The molecule has 0 bridgehead atoms. The van der Waals surface area contributed by atoms with Gasteiger partial charge in [0, 0.05) is 18.7 Å². The Labute approximate surface area is 151 Å². The first-order chi connectivity index (χ1) is 12.0. The summed E-state index contributed by atoms with van der Waals surface area (Å²) in [4.78, 5) is 14.6. The number of hydrogen-bond acceptors (Lipinski definition) is 2. The molecule has 0 aliphatic heterocycles. The van der Waals surface area contributed by atoms with Crippen molar-refractivity contribution in [2.75, 3.05) is 13.1 Å². The average Bonchev–Trinajstić information content (AvgIpc) is 2.62. The lowest BCUT2D eigenvalue weighted by atomic mass is 10.1. The summed E-state index contributed by atoms with van der Waals surface area (Å²) < 4.78 is 5.95. The predicted molar refractivity (Wildman–Crippen MR) is 103 cm³/mol. The van der Waals surface area contributed by atoms with Crippen LogP contribution in [-0.4, -0.2) is 23.9 Å².